The van der Waals surface area contributed by atoms with Crippen LogP contribution >= 0.6 is 11.6 Å². The standard InChI is InChI=1S/C15H18ClN3/c1-19(11-12-5-4-6-13(16)9-12)15(10-17)14-7-2-3-8-18-14/h2-9,15H,10-11,17H2,1H3. The number of hydrogen-bond acceptors (Lipinski definition) is 3. The molecule has 0 radical (unpaired) electrons. The summed E-state index contributed by atoms with van der Waals surface area (Å²) in [4.78, 5) is 6.57. The molecule has 1 atom stereocenters. The number of hydrogen-bond donors (Lipinski definition) is 1. The van der Waals surface area contributed by atoms with Crippen LogP contribution in [0.5, 0.6) is 0 Å². The molecule has 0 saturated heterocycles. The zero-order valence-electron chi connectivity index (χ0n) is 11.0. The van der Waals surface area contributed by atoms with E-state index in [1.54, 1.807) is 6.20 Å². The number of nitrogens with two attached hydrogens (primary N) is 1. The van der Waals surface area contributed by atoms with E-state index in [4.69, 9.17) is 17.3 Å². The Balaban J connectivity index is 2.11. The van der Waals surface area contributed by atoms with Gasteiger partial charge in [-0.25, -0.2) is 0 Å². The number of aromatic nitrogens is 1. The molecule has 2 rings (SSSR count). The summed E-state index contributed by atoms with van der Waals surface area (Å²) in [6.07, 6.45) is 1.80. The van der Waals surface area contributed by atoms with Crippen LogP contribution < -0.4 is 5.73 Å². The number of halogens is 1. The Morgan fingerprint density at radius 2 is 2.11 bits per heavy atom. The third kappa shape index (κ3) is 3.77. The lowest BCUT2D eigenvalue weighted by molar-refractivity contribution is 0.237. The van der Waals surface area contributed by atoms with E-state index in [9.17, 15) is 0 Å². The van der Waals surface area contributed by atoms with E-state index in [2.05, 4.69) is 16.0 Å². The van der Waals surface area contributed by atoms with Crippen LogP contribution in [0.1, 0.15) is 17.3 Å². The maximum absolute atomic E-state index is 6.00. The zero-order valence-corrected chi connectivity index (χ0v) is 11.7. The van der Waals surface area contributed by atoms with Crippen molar-refractivity contribution in [2.45, 2.75) is 12.6 Å². The quantitative estimate of drug-likeness (QED) is 0.912. The van der Waals surface area contributed by atoms with Crippen LogP contribution in [-0.4, -0.2) is 23.5 Å². The minimum Gasteiger partial charge on any atom is -0.329 e. The summed E-state index contributed by atoms with van der Waals surface area (Å²) in [5.74, 6) is 0. The molecule has 0 aliphatic rings. The van der Waals surface area contributed by atoms with Crippen molar-refractivity contribution < 1.29 is 0 Å². The number of likely N-dealkylation sites (N-methyl/N-ethyl adjacent to an activating group) is 1. The van der Waals surface area contributed by atoms with Gasteiger partial charge in [0.25, 0.3) is 0 Å². The molecular weight excluding hydrogens is 258 g/mol. The third-order valence-corrected chi connectivity index (χ3v) is 3.34. The first-order valence-corrected chi connectivity index (χ1v) is 6.64. The molecule has 100 valence electrons. The molecule has 0 bridgehead atoms. The third-order valence-electron chi connectivity index (χ3n) is 3.11. The molecule has 2 N–H and O–H groups in total. The van der Waals surface area contributed by atoms with Crippen molar-refractivity contribution in [3.63, 3.8) is 0 Å². The molecule has 0 spiro atoms. The first kappa shape index (κ1) is 14.0. The van der Waals surface area contributed by atoms with Gasteiger partial charge in [0.2, 0.25) is 0 Å². The molecule has 0 saturated carbocycles. The molecule has 0 aliphatic heterocycles. The first-order chi connectivity index (χ1) is 9.20. The molecule has 1 aromatic heterocycles. The summed E-state index contributed by atoms with van der Waals surface area (Å²) in [6.45, 7) is 1.33. The molecule has 2 aromatic rings. The van der Waals surface area contributed by atoms with Gasteiger partial charge >= 0.3 is 0 Å². The lowest BCUT2D eigenvalue weighted by atomic mass is 10.1. The van der Waals surface area contributed by atoms with Crippen LogP contribution in [0.15, 0.2) is 48.7 Å². The molecule has 19 heavy (non-hydrogen) atoms. The highest BCUT2D eigenvalue weighted by atomic mass is 35.5. The van der Waals surface area contributed by atoms with E-state index in [0.29, 0.717) is 6.54 Å². The predicted molar refractivity (Wildman–Crippen MR) is 79.0 cm³/mol. The molecule has 0 amide bonds. The van der Waals surface area contributed by atoms with Crippen molar-refractivity contribution in [1.82, 2.24) is 9.88 Å². The molecular formula is C15H18ClN3. The Bertz CT molecular complexity index is 516. The monoisotopic (exact) mass is 275 g/mol. The highest BCUT2D eigenvalue weighted by Gasteiger charge is 2.16. The van der Waals surface area contributed by atoms with E-state index in [0.717, 1.165) is 17.3 Å². The van der Waals surface area contributed by atoms with Gasteiger partial charge in [0.1, 0.15) is 0 Å². The average Bonchev–Trinajstić information content (AvgIpc) is 2.41. The van der Waals surface area contributed by atoms with Crippen molar-refractivity contribution in [2.24, 2.45) is 5.73 Å². The second kappa shape index (κ2) is 6.66. The molecule has 1 unspecified atom stereocenters. The summed E-state index contributed by atoms with van der Waals surface area (Å²) < 4.78 is 0. The van der Waals surface area contributed by atoms with Gasteiger partial charge in [0.05, 0.1) is 11.7 Å². The fraction of sp³-hybridized carbons (Fsp3) is 0.267. The largest absolute Gasteiger partial charge is 0.329 e. The van der Waals surface area contributed by atoms with Crippen LogP contribution in [0.3, 0.4) is 0 Å². The van der Waals surface area contributed by atoms with E-state index < -0.39 is 0 Å². The summed E-state index contributed by atoms with van der Waals surface area (Å²) in [5.41, 5.74) is 8.05. The fourth-order valence-electron chi connectivity index (χ4n) is 2.13. The van der Waals surface area contributed by atoms with Crippen molar-refractivity contribution in [1.29, 1.82) is 0 Å². The van der Waals surface area contributed by atoms with Gasteiger partial charge in [0.15, 0.2) is 0 Å². The van der Waals surface area contributed by atoms with E-state index in [1.807, 2.05) is 43.4 Å². The van der Waals surface area contributed by atoms with Crippen molar-refractivity contribution in [2.75, 3.05) is 13.6 Å². The van der Waals surface area contributed by atoms with Crippen molar-refractivity contribution in [3.05, 3.63) is 64.9 Å². The van der Waals surface area contributed by atoms with Crippen LogP contribution in [0.2, 0.25) is 5.02 Å². The minimum atomic E-state index is 0.111. The predicted octanol–water partition coefficient (Wildman–Crippen LogP) is 2.87. The SMILES string of the molecule is CN(Cc1cccc(Cl)c1)C(CN)c1ccccn1. The van der Waals surface area contributed by atoms with Crippen LogP contribution in [0, 0.1) is 0 Å². The van der Waals surface area contributed by atoms with Crippen LogP contribution in [0.4, 0.5) is 0 Å². The van der Waals surface area contributed by atoms with Gasteiger partial charge in [-0.1, -0.05) is 29.8 Å². The highest BCUT2D eigenvalue weighted by molar-refractivity contribution is 6.30. The van der Waals surface area contributed by atoms with E-state index in [-0.39, 0.29) is 6.04 Å². The second-order valence-corrected chi connectivity index (χ2v) is 4.99. The number of rotatable bonds is 5. The Morgan fingerprint density at radius 3 is 2.74 bits per heavy atom. The van der Waals surface area contributed by atoms with Crippen LogP contribution in [0.25, 0.3) is 0 Å². The van der Waals surface area contributed by atoms with Gasteiger partial charge in [0, 0.05) is 24.3 Å². The zero-order chi connectivity index (χ0) is 13.7. The Morgan fingerprint density at radius 1 is 1.26 bits per heavy atom. The first-order valence-electron chi connectivity index (χ1n) is 6.26. The fourth-order valence-corrected chi connectivity index (χ4v) is 2.35. The minimum absolute atomic E-state index is 0.111. The Labute approximate surface area is 119 Å². The van der Waals surface area contributed by atoms with Gasteiger partial charge in [-0.3, -0.25) is 9.88 Å². The van der Waals surface area contributed by atoms with Crippen molar-refractivity contribution in [3.8, 4) is 0 Å². The molecule has 1 aromatic carbocycles. The lowest BCUT2D eigenvalue weighted by Crippen LogP contribution is -2.30. The lowest BCUT2D eigenvalue weighted by Gasteiger charge is -2.26. The summed E-state index contributed by atoms with van der Waals surface area (Å²) >= 11 is 6.00. The topological polar surface area (TPSA) is 42.1 Å². The Hall–Kier alpha value is -1.42. The summed E-state index contributed by atoms with van der Waals surface area (Å²) in [6, 6.07) is 13.9. The van der Waals surface area contributed by atoms with Crippen molar-refractivity contribution >= 4 is 11.6 Å². The van der Waals surface area contributed by atoms with Gasteiger partial charge < -0.3 is 5.73 Å². The van der Waals surface area contributed by atoms with E-state index >= 15 is 0 Å². The van der Waals surface area contributed by atoms with Crippen LogP contribution in [-0.2, 0) is 6.54 Å². The molecule has 4 heteroatoms. The second-order valence-electron chi connectivity index (χ2n) is 4.55. The maximum Gasteiger partial charge on any atom is 0.0644 e. The molecule has 3 nitrogen and oxygen atoms in total. The van der Waals surface area contributed by atoms with Gasteiger partial charge in [-0.15, -0.1) is 0 Å². The maximum atomic E-state index is 6.00. The normalized spacial score (nSPS) is 12.6. The number of pyridine rings is 1. The highest BCUT2D eigenvalue weighted by Crippen LogP contribution is 2.19. The van der Waals surface area contributed by atoms with E-state index in [1.165, 1.54) is 5.56 Å². The number of benzene rings is 1. The summed E-state index contributed by atoms with van der Waals surface area (Å²) in [7, 11) is 2.05. The Kier molecular flexibility index (Phi) is 4.91. The average molecular weight is 276 g/mol. The molecule has 0 fully saturated rings. The summed E-state index contributed by atoms with van der Waals surface area (Å²) in [5, 5.41) is 0.757. The smallest absolute Gasteiger partial charge is 0.0644 e. The molecule has 0 aliphatic carbocycles. The molecule has 1 heterocycles. The number of nitrogens with zero attached hydrogens (tertiary/aromatic N) is 2. The van der Waals surface area contributed by atoms with Gasteiger partial charge in [-0.05, 0) is 36.9 Å². The van der Waals surface area contributed by atoms with Gasteiger partial charge in [-0.2, -0.15) is 0 Å².